The van der Waals surface area contributed by atoms with Crippen molar-refractivity contribution in [1.82, 2.24) is 10.3 Å². The van der Waals surface area contributed by atoms with Gasteiger partial charge in [-0.05, 0) is 25.8 Å². The van der Waals surface area contributed by atoms with Crippen LogP contribution in [-0.4, -0.2) is 36.7 Å². The van der Waals surface area contributed by atoms with Gasteiger partial charge >= 0.3 is 0 Å². The van der Waals surface area contributed by atoms with E-state index in [2.05, 4.69) is 15.6 Å². The second kappa shape index (κ2) is 7.45. The van der Waals surface area contributed by atoms with Gasteiger partial charge in [0.1, 0.15) is 6.61 Å². The standard InChI is InChI=1S/C12H19N3O2S/c16-11(15-12-14-6-8-18-12)9-17-7-4-10-3-1-2-5-13-10/h6,8,10,13H,1-5,7,9H2,(H,14,15,16). The smallest absolute Gasteiger partial charge is 0.252 e. The van der Waals surface area contributed by atoms with Gasteiger partial charge in [-0.25, -0.2) is 4.98 Å². The molecular formula is C12H19N3O2S. The third-order valence-corrected chi connectivity index (χ3v) is 3.62. The summed E-state index contributed by atoms with van der Waals surface area (Å²) in [5, 5.41) is 8.59. The van der Waals surface area contributed by atoms with Gasteiger partial charge in [0.05, 0.1) is 0 Å². The monoisotopic (exact) mass is 269 g/mol. The number of amides is 1. The lowest BCUT2D eigenvalue weighted by Crippen LogP contribution is -2.35. The van der Waals surface area contributed by atoms with Crippen molar-refractivity contribution in [3.8, 4) is 0 Å². The van der Waals surface area contributed by atoms with Crippen LogP contribution in [0.3, 0.4) is 0 Å². The van der Waals surface area contributed by atoms with Gasteiger partial charge in [-0.3, -0.25) is 10.1 Å². The molecule has 1 amide bonds. The minimum Gasteiger partial charge on any atom is -0.372 e. The summed E-state index contributed by atoms with van der Waals surface area (Å²) in [7, 11) is 0. The predicted molar refractivity (Wildman–Crippen MR) is 71.8 cm³/mol. The SMILES string of the molecule is O=C(COCCC1CCCCN1)Nc1nccs1. The van der Waals surface area contributed by atoms with Crippen LogP contribution in [0.15, 0.2) is 11.6 Å². The fourth-order valence-corrected chi connectivity index (χ4v) is 2.55. The zero-order chi connectivity index (χ0) is 12.6. The summed E-state index contributed by atoms with van der Waals surface area (Å²) in [4.78, 5) is 15.5. The molecule has 5 nitrogen and oxygen atoms in total. The number of thiazole rings is 1. The molecule has 1 fully saturated rings. The maximum atomic E-state index is 11.5. The summed E-state index contributed by atoms with van der Waals surface area (Å²) in [6, 6.07) is 0.556. The van der Waals surface area contributed by atoms with Gasteiger partial charge in [0, 0.05) is 24.2 Å². The lowest BCUT2D eigenvalue weighted by Gasteiger charge is -2.23. The Bertz CT molecular complexity index is 350. The van der Waals surface area contributed by atoms with Gasteiger partial charge < -0.3 is 10.1 Å². The van der Waals surface area contributed by atoms with Crippen molar-refractivity contribution in [2.75, 3.05) is 25.1 Å². The molecule has 0 aromatic carbocycles. The number of nitrogens with one attached hydrogen (secondary N) is 2. The van der Waals surface area contributed by atoms with E-state index in [4.69, 9.17) is 4.74 Å². The maximum absolute atomic E-state index is 11.5. The fraction of sp³-hybridized carbons (Fsp3) is 0.667. The molecule has 2 N–H and O–H groups in total. The number of hydrogen-bond acceptors (Lipinski definition) is 5. The Morgan fingerprint density at radius 1 is 1.61 bits per heavy atom. The van der Waals surface area contributed by atoms with Crippen LogP contribution >= 0.6 is 11.3 Å². The number of nitrogens with zero attached hydrogens (tertiary/aromatic N) is 1. The molecule has 0 bridgehead atoms. The lowest BCUT2D eigenvalue weighted by molar-refractivity contribution is -0.120. The van der Waals surface area contributed by atoms with Gasteiger partial charge in [0.25, 0.3) is 5.91 Å². The highest BCUT2D eigenvalue weighted by Crippen LogP contribution is 2.11. The van der Waals surface area contributed by atoms with Gasteiger partial charge in [0.2, 0.25) is 0 Å². The molecule has 18 heavy (non-hydrogen) atoms. The average Bonchev–Trinajstić information content (AvgIpc) is 2.89. The third-order valence-electron chi connectivity index (χ3n) is 2.93. The van der Waals surface area contributed by atoms with Gasteiger partial charge in [-0.2, -0.15) is 0 Å². The molecule has 2 rings (SSSR count). The van der Waals surface area contributed by atoms with Crippen LogP contribution in [0, 0.1) is 0 Å². The number of ether oxygens (including phenoxy) is 1. The van der Waals surface area contributed by atoms with Gasteiger partial charge in [-0.1, -0.05) is 6.42 Å². The average molecular weight is 269 g/mol. The van der Waals surface area contributed by atoms with Crippen LogP contribution in [0.5, 0.6) is 0 Å². The van der Waals surface area contributed by atoms with Crippen molar-refractivity contribution in [3.05, 3.63) is 11.6 Å². The number of rotatable bonds is 6. The first-order chi connectivity index (χ1) is 8.84. The molecule has 0 saturated carbocycles. The van der Waals surface area contributed by atoms with E-state index in [1.54, 1.807) is 6.20 Å². The van der Waals surface area contributed by atoms with Crippen LogP contribution in [0.4, 0.5) is 5.13 Å². The van der Waals surface area contributed by atoms with Crippen molar-refractivity contribution >= 4 is 22.4 Å². The van der Waals surface area contributed by atoms with Crippen molar-refractivity contribution in [2.24, 2.45) is 0 Å². The van der Waals surface area contributed by atoms with Crippen LogP contribution in [0.2, 0.25) is 0 Å². The minimum absolute atomic E-state index is 0.103. The molecule has 1 aliphatic rings. The summed E-state index contributed by atoms with van der Waals surface area (Å²) in [6.07, 6.45) is 6.42. The molecule has 1 unspecified atom stereocenters. The van der Waals surface area contributed by atoms with E-state index in [0.29, 0.717) is 17.8 Å². The topological polar surface area (TPSA) is 63.2 Å². The summed E-state index contributed by atoms with van der Waals surface area (Å²) >= 11 is 1.40. The van der Waals surface area contributed by atoms with E-state index >= 15 is 0 Å². The Kier molecular flexibility index (Phi) is 5.57. The minimum atomic E-state index is -0.137. The molecule has 100 valence electrons. The van der Waals surface area contributed by atoms with E-state index in [0.717, 1.165) is 13.0 Å². The highest BCUT2D eigenvalue weighted by Gasteiger charge is 2.12. The Hall–Kier alpha value is -0.980. The molecule has 0 spiro atoms. The molecule has 1 aromatic heterocycles. The molecule has 1 aliphatic heterocycles. The fourth-order valence-electron chi connectivity index (χ4n) is 2.00. The zero-order valence-corrected chi connectivity index (χ0v) is 11.2. The van der Waals surface area contributed by atoms with E-state index in [1.165, 1.54) is 30.6 Å². The largest absolute Gasteiger partial charge is 0.372 e. The highest BCUT2D eigenvalue weighted by molar-refractivity contribution is 7.13. The van der Waals surface area contributed by atoms with Crippen molar-refractivity contribution in [3.63, 3.8) is 0 Å². The number of piperidine rings is 1. The first-order valence-electron chi connectivity index (χ1n) is 6.35. The molecular weight excluding hydrogens is 250 g/mol. The second-order valence-corrected chi connectivity index (χ2v) is 5.27. The van der Waals surface area contributed by atoms with Crippen LogP contribution in [-0.2, 0) is 9.53 Å². The highest BCUT2D eigenvalue weighted by atomic mass is 32.1. The molecule has 0 aliphatic carbocycles. The van der Waals surface area contributed by atoms with E-state index < -0.39 is 0 Å². The molecule has 1 atom stereocenters. The van der Waals surface area contributed by atoms with E-state index in [-0.39, 0.29) is 12.5 Å². The molecule has 6 heteroatoms. The summed E-state index contributed by atoms with van der Waals surface area (Å²) < 4.78 is 5.37. The maximum Gasteiger partial charge on any atom is 0.252 e. The molecule has 0 radical (unpaired) electrons. The normalized spacial score (nSPS) is 19.7. The molecule has 1 aromatic rings. The predicted octanol–water partition coefficient (Wildman–Crippen LogP) is 1.63. The number of aromatic nitrogens is 1. The van der Waals surface area contributed by atoms with Crippen molar-refractivity contribution in [1.29, 1.82) is 0 Å². The Morgan fingerprint density at radius 3 is 3.28 bits per heavy atom. The summed E-state index contributed by atoms with van der Waals surface area (Å²) in [5.41, 5.74) is 0. The van der Waals surface area contributed by atoms with Crippen LogP contribution in [0.25, 0.3) is 0 Å². The summed E-state index contributed by atoms with van der Waals surface area (Å²) in [6.45, 7) is 1.84. The first kappa shape index (κ1) is 13.5. The van der Waals surface area contributed by atoms with Gasteiger partial charge in [0.15, 0.2) is 5.13 Å². The summed E-state index contributed by atoms with van der Waals surface area (Å²) in [5.74, 6) is -0.137. The second-order valence-electron chi connectivity index (χ2n) is 4.37. The van der Waals surface area contributed by atoms with Crippen LogP contribution < -0.4 is 10.6 Å². The number of anilines is 1. The molecule has 1 saturated heterocycles. The van der Waals surface area contributed by atoms with Crippen molar-refractivity contribution in [2.45, 2.75) is 31.7 Å². The Morgan fingerprint density at radius 2 is 2.56 bits per heavy atom. The third kappa shape index (κ3) is 4.72. The Labute approximate surface area is 111 Å². The number of hydrogen-bond donors (Lipinski definition) is 2. The van der Waals surface area contributed by atoms with E-state index in [9.17, 15) is 4.79 Å². The first-order valence-corrected chi connectivity index (χ1v) is 7.23. The Balaban J connectivity index is 1.53. The van der Waals surface area contributed by atoms with Crippen molar-refractivity contribution < 1.29 is 9.53 Å². The zero-order valence-electron chi connectivity index (χ0n) is 10.4. The van der Waals surface area contributed by atoms with E-state index in [1.807, 2.05) is 5.38 Å². The lowest BCUT2D eigenvalue weighted by atomic mass is 10.0. The van der Waals surface area contributed by atoms with Crippen LogP contribution in [0.1, 0.15) is 25.7 Å². The van der Waals surface area contributed by atoms with Gasteiger partial charge in [-0.15, -0.1) is 11.3 Å². The quantitative estimate of drug-likeness (QED) is 0.771. The molecule has 2 heterocycles. The number of carbonyl (C=O) groups is 1. The number of carbonyl (C=O) groups excluding carboxylic acids is 1.